The minimum Gasteiger partial charge on any atom is -0.395 e. The highest BCUT2D eigenvalue weighted by Gasteiger charge is 2.28. The maximum absolute atomic E-state index is 5.67. The minimum absolute atomic E-state index is 0.659. The van der Waals surface area contributed by atoms with Crippen LogP contribution < -0.4 is 0 Å². The molecule has 5 heteroatoms. The maximum atomic E-state index is 5.67. The summed E-state index contributed by atoms with van der Waals surface area (Å²) in [6.07, 6.45) is 5.75. The van der Waals surface area contributed by atoms with Crippen molar-refractivity contribution >= 4 is 17.0 Å². The number of fused-ring (bicyclic) bond motifs is 3. The van der Waals surface area contributed by atoms with E-state index in [0.29, 0.717) is 12.6 Å². The van der Waals surface area contributed by atoms with E-state index in [9.17, 15) is 0 Å². The molecule has 116 valence electrons. The Morgan fingerprint density at radius 2 is 2.36 bits per heavy atom. The molecule has 1 saturated heterocycles. The first kappa shape index (κ1) is 14.0. The predicted molar refractivity (Wildman–Crippen MR) is 90.2 cm³/mol. The number of aryl methyl sites for hydroxylation is 1. The van der Waals surface area contributed by atoms with Crippen molar-refractivity contribution in [2.24, 2.45) is 5.16 Å². The van der Waals surface area contributed by atoms with Gasteiger partial charge >= 0.3 is 0 Å². The lowest BCUT2D eigenvalue weighted by atomic mass is 10.2. The van der Waals surface area contributed by atoms with Gasteiger partial charge in [-0.1, -0.05) is 5.16 Å². The van der Waals surface area contributed by atoms with Crippen LogP contribution in [0.3, 0.4) is 0 Å². The van der Waals surface area contributed by atoms with Crippen LogP contribution in [0, 0.1) is 6.92 Å². The zero-order valence-electron chi connectivity index (χ0n) is 13.1. The smallest absolute Gasteiger partial charge is 0.146 e. The Kier molecular flexibility index (Phi) is 3.54. The Balaban J connectivity index is 1.48. The van der Waals surface area contributed by atoms with Gasteiger partial charge in [0, 0.05) is 12.2 Å². The molecular weight excluding hydrogens is 294 g/mol. The van der Waals surface area contributed by atoms with E-state index in [4.69, 9.17) is 4.84 Å². The molecule has 0 aliphatic carbocycles. The lowest BCUT2D eigenvalue weighted by Gasteiger charge is -2.18. The normalized spacial score (nSPS) is 22.3. The van der Waals surface area contributed by atoms with Crippen LogP contribution in [0.5, 0.6) is 0 Å². The van der Waals surface area contributed by atoms with Gasteiger partial charge in [-0.05, 0) is 62.9 Å². The number of aromatic nitrogens is 1. The SMILES string of the molecule is Cc1csc2c1-n1cccc1C2=NOCCC1CCCN1C. The van der Waals surface area contributed by atoms with Gasteiger partial charge in [-0.2, -0.15) is 0 Å². The van der Waals surface area contributed by atoms with E-state index in [0.717, 1.165) is 17.8 Å². The molecule has 1 fully saturated rings. The molecule has 2 aromatic rings. The first-order valence-corrected chi connectivity index (χ1v) is 8.80. The van der Waals surface area contributed by atoms with Crippen molar-refractivity contribution in [3.63, 3.8) is 0 Å². The van der Waals surface area contributed by atoms with Gasteiger partial charge < -0.3 is 14.3 Å². The zero-order chi connectivity index (χ0) is 15.1. The summed E-state index contributed by atoms with van der Waals surface area (Å²) in [4.78, 5) is 9.33. The molecule has 0 radical (unpaired) electrons. The molecule has 0 saturated carbocycles. The van der Waals surface area contributed by atoms with Crippen molar-refractivity contribution < 1.29 is 4.84 Å². The Morgan fingerprint density at radius 1 is 1.45 bits per heavy atom. The van der Waals surface area contributed by atoms with Crippen LogP contribution >= 0.6 is 11.3 Å². The van der Waals surface area contributed by atoms with Crippen LogP contribution in [-0.2, 0) is 4.84 Å². The van der Waals surface area contributed by atoms with Gasteiger partial charge in [0.15, 0.2) is 0 Å². The molecule has 0 bridgehead atoms. The predicted octanol–water partition coefficient (Wildman–Crippen LogP) is 3.41. The summed E-state index contributed by atoms with van der Waals surface area (Å²) in [6, 6.07) is 4.84. The summed E-state index contributed by atoms with van der Waals surface area (Å²) in [5.41, 5.74) is 4.69. The highest BCUT2D eigenvalue weighted by atomic mass is 32.1. The first-order valence-electron chi connectivity index (χ1n) is 7.92. The van der Waals surface area contributed by atoms with Crippen LogP contribution in [0.15, 0.2) is 28.9 Å². The lowest BCUT2D eigenvalue weighted by molar-refractivity contribution is 0.121. The zero-order valence-corrected chi connectivity index (χ0v) is 13.9. The first-order chi connectivity index (χ1) is 10.8. The second kappa shape index (κ2) is 5.56. The number of thiophene rings is 1. The number of nitrogens with zero attached hydrogens (tertiary/aromatic N) is 3. The number of hydrogen-bond donors (Lipinski definition) is 0. The van der Waals surface area contributed by atoms with Crippen LogP contribution in [0.1, 0.15) is 35.4 Å². The Morgan fingerprint density at radius 3 is 3.18 bits per heavy atom. The van der Waals surface area contributed by atoms with Crippen molar-refractivity contribution in [2.45, 2.75) is 32.2 Å². The molecule has 1 atom stereocenters. The molecule has 4 nitrogen and oxygen atoms in total. The van der Waals surface area contributed by atoms with E-state index in [1.165, 1.54) is 35.5 Å². The summed E-state index contributed by atoms with van der Waals surface area (Å²) in [7, 11) is 2.20. The molecule has 2 aromatic heterocycles. The second-order valence-corrected chi connectivity index (χ2v) is 7.08. The van der Waals surface area contributed by atoms with Crippen molar-refractivity contribution in [3.8, 4) is 5.69 Å². The topological polar surface area (TPSA) is 29.8 Å². The lowest BCUT2D eigenvalue weighted by Crippen LogP contribution is -2.25. The van der Waals surface area contributed by atoms with E-state index < -0.39 is 0 Å². The quantitative estimate of drug-likeness (QED) is 0.545. The summed E-state index contributed by atoms with van der Waals surface area (Å²) in [5, 5.41) is 6.66. The number of hydrogen-bond acceptors (Lipinski definition) is 4. The maximum Gasteiger partial charge on any atom is 0.146 e. The standard InChI is InChI=1S/C17H21N3OS/c1-12-11-22-17-15(14-6-4-9-20(14)16(12)17)18-21-10-7-13-5-3-8-19(13)2/h4,6,9,11,13H,3,5,7-8,10H2,1-2H3. The molecule has 0 spiro atoms. The van der Waals surface area contributed by atoms with Crippen molar-refractivity contribution in [2.75, 3.05) is 20.2 Å². The Labute approximate surface area is 135 Å². The van der Waals surface area contributed by atoms with E-state index in [1.807, 2.05) is 0 Å². The van der Waals surface area contributed by atoms with Crippen LogP contribution in [-0.4, -0.2) is 41.4 Å². The number of rotatable bonds is 4. The molecule has 4 heterocycles. The van der Waals surface area contributed by atoms with Gasteiger partial charge in [0.25, 0.3) is 0 Å². The van der Waals surface area contributed by atoms with E-state index in [1.54, 1.807) is 11.3 Å². The fourth-order valence-electron chi connectivity index (χ4n) is 3.52. The molecule has 22 heavy (non-hydrogen) atoms. The van der Waals surface area contributed by atoms with E-state index in [2.05, 4.69) is 52.3 Å². The third kappa shape index (κ3) is 2.20. The van der Waals surface area contributed by atoms with Gasteiger partial charge in [-0.15, -0.1) is 11.3 Å². The van der Waals surface area contributed by atoms with Crippen LogP contribution in [0.25, 0.3) is 5.69 Å². The number of likely N-dealkylation sites (tertiary alicyclic amines) is 1. The Hall–Kier alpha value is -1.59. The monoisotopic (exact) mass is 315 g/mol. The molecule has 0 amide bonds. The third-order valence-electron chi connectivity index (χ3n) is 4.76. The largest absolute Gasteiger partial charge is 0.395 e. The third-order valence-corrected chi connectivity index (χ3v) is 5.85. The van der Waals surface area contributed by atoms with Crippen molar-refractivity contribution in [1.29, 1.82) is 0 Å². The van der Waals surface area contributed by atoms with Gasteiger partial charge in [-0.3, -0.25) is 0 Å². The molecule has 1 unspecified atom stereocenters. The Bertz CT molecular complexity index is 715. The second-order valence-electron chi connectivity index (χ2n) is 6.20. The van der Waals surface area contributed by atoms with Gasteiger partial charge in [-0.25, -0.2) is 0 Å². The van der Waals surface area contributed by atoms with Gasteiger partial charge in [0.2, 0.25) is 0 Å². The average Bonchev–Trinajstić information content (AvgIpc) is 3.22. The van der Waals surface area contributed by atoms with Gasteiger partial charge in [0.1, 0.15) is 12.3 Å². The van der Waals surface area contributed by atoms with Crippen LogP contribution in [0.2, 0.25) is 0 Å². The summed E-state index contributed by atoms with van der Waals surface area (Å²) in [5.74, 6) is 0. The van der Waals surface area contributed by atoms with E-state index >= 15 is 0 Å². The molecule has 2 aliphatic heterocycles. The fraction of sp³-hybridized carbons (Fsp3) is 0.471. The number of oxime groups is 1. The summed E-state index contributed by atoms with van der Waals surface area (Å²) >= 11 is 1.75. The summed E-state index contributed by atoms with van der Waals surface area (Å²) in [6.45, 7) is 4.06. The molecular formula is C17H21N3OS. The molecule has 4 rings (SSSR count). The van der Waals surface area contributed by atoms with Crippen molar-refractivity contribution in [3.05, 3.63) is 39.8 Å². The minimum atomic E-state index is 0.659. The average molecular weight is 315 g/mol. The summed E-state index contributed by atoms with van der Waals surface area (Å²) < 4.78 is 2.22. The van der Waals surface area contributed by atoms with Crippen molar-refractivity contribution in [1.82, 2.24) is 9.47 Å². The molecule has 0 aromatic carbocycles. The van der Waals surface area contributed by atoms with Gasteiger partial charge in [0.05, 0.1) is 16.3 Å². The highest BCUT2D eigenvalue weighted by Crippen LogP contribution is 2.36. The fourth-order valence-corrected chi connectivity index (χ4v) is 4.55. The highest BCUT2D eigenvalue weighted by molar-refractivity contribution is 7.13. The molecule has 0 N–H and O–H groups in total. The van der Waals surface area contributed by atoms with Crippen LogP contribution in [0.4, 0.5) is 0 Å². The molecule has 2 aliphatic rings. The van der Waals surface area contributed by atoms with E-state index in [-0.39, 0.29) is 0 Å².